The molecule has 1 N–H and O–H groups in total. The Bertz CT molecular complexity index is 1200. The number of para-hydroxylation sites is 1. The van der Waals surface area contributed by atoms with Crippen molar-refractivity contribution in [3.8, 4) is 5.75 Å². The van der Waals surface area contributed by atoms with Crippen LogP contribution in [0.1, 0.15) is 36.7 Å². The summed E-state index contributed by atoms with van der Waals surface area (Å²) >= 11 is 6.45. The number of hydrogen-bond donors (Lipinski definition) is 1. The second-order valence-corrected chi connectivity index (χ2v) is 8.85. The number of aromatic nitrogens is 1. The van der Waals surface area contributed by atoms with Crippen molar-refractivity contribution in [2.45, 2.75) is 38.4 Å². The molecule has 5 rings (SSSR count). The summed E-state index contributed by atoms with van der Waals surface area (Å²) in [5, 5.41) is 1.56. The number of aromatic amines is 1. The van der Waals surface area contributed by atoms with Crippen molar-refractivity contribution < 1.29 is 14.3 Å². The highest BCUT2D eigenvalue weighted by molar-refractivity contribution is 6.32. The first-order valence-corrected chi connectivity index (χ1v) is 10.8. The van der Waals surface area contributed by atoms with E-state index in [2.05, 4.69) is 11.1 Å². The normalized spacial score (nSPS) is 20.9. The van der Waals surface area contributed by atoms with E-state index in [0.29, 0.717) is 17.2 Å². The molecule has 0 saturated carbocycles. The Labute approximate surface area is 185 Å². The van der Waals surface area contributed by atoms with Crippen molar-refractivity contribution in [1.82, 2.24) is 14.8 Å². The number of nitrogens with one attached hydrogen (secondary N) is 1. The average molecular weight is 438 g/mol. The number of hydrogen-bond acceptors (Lipinski definition) is 3. The van der Waals surface area contributed by atoms with Gasteiger partial charge in [-0.3, -0.25) is 9.59 Å². The molecule has 0 aliphatic carbocycles. The number of amides is 2. The van der Waals surface area contributed by atoms with Crippen molar-refractivity contribution in [3.63, 3.8) is 0 Å². The summed E-state index contributed by atoms with van der Waals surface area (Å²) in [4.78, 5) is 33.8. The summed E-state index contributed by atoms with van der Waals surface area (Å²) in [7, 11) is 1.57. The zero-order valence-corrected chi connectivity index (χ0v) is 18.4. The quantitative estimate of drug-likeness (QED) is 0.675. The zero-order valence-electron chi connectivity index (χ0n) is 17.7. The van der Waals surface area contributed by atoms with Crippen LogP contribution in [0.5, 0.6) is 5.75 Å². The number of nitrogens with zero attached hydrogens (tertiary/aromatic N) is 2. The third kappa shape index (κ3) is 3.00. The molecule has 0 spiro atoms. The molecule has 31 heavy (non-hydrogen) atoms. The lowest BCUT2D eigenvalue weighted by Crippen LogP contribution is -2.64. The Morgan fingerprint density at radius 2 is 1.94 bits per heavy atom. The summed E-state index contributed by atoms with van der Waals surface area (Å²) in [5.74, 6) is 0.511. The van der Waals surface area contributed by atoms with E-state index < -0.39 is 12.1 Å². The third-order valence-electron chi connectivity index (χ3n) is 6.41. The smallest absolute Gasteiger partial charge is 0.246 e. The van der Waals surface area contributed by atoms with Crippen molar-refractivity contribution in [2.75, 3.05) is 13.7 Å². The maximum Gasteiger partial charge on any atom is 0.246 e. The molecular formula is C24H24ClN3O3. The number of carbonyl (C=O) groups is 2. The number of halogens is 1. The summed E-state index contributed by atoms with van der Waals surface area (Å²) in [6, 6.07) is 12.6. The van der Waals surface area contributed by atoms with E-state index in [1.54, 1.807) is 23.0 Å². The van der Waals surface area contributed by atoms with Crippen LogP contribution in [0, 0.1) is 0 Å². The first-order chi connectivity index (χ1) is 14.9. The minimum Gasteiger partial charge on any atom is -0.495 e. The molecule has 1 aromatic heterocycles. The minimum absolute atomic E-state index is 0.00450. The van der Waals surface area contributed by atoms with Gasteiger partial charge in [-0.2, -0.15) is 0 Å². The first-order valence-electron chi connectivity index (χ1n) is 10.4. The average Bonchev–Trinajstić information content (AvgIpc) is 3.13. The molecule has 2 aliphatic rings. The highest BCUT2D eigenvalue weighted by atomic mass is 35.5. The summed E-state index contributed by atoms with van der Waals surface area (Å²) in [6.45, 7) is 3.98. The minimum atomic E-state index is -0.541. The maximum atomic E-state index is 13.4. The van der Waals surface area contributed by atoms with Gasteiger partial charge in [0.1, 0.15) is 18.3 Å². The molecule has 0 radical (unpaired) electrons. The van der Waals surface area contributed by atoms with E-state index in [4.69, 9.17) is 16.3 Å². The molecule has 7 heteroatoms. The fraction of sp³-hybridized carbons (Fsp3) is 0.333. The van der Waals surface area contributed by atoms with Crippen molar-refractivity contribution in [1.29, 1.82) is 0 Å². The standard InChI is InChI=1S/C24H24ClN3O3/c1-13(2)27-12-21(29)28-19(24(27)30)11-16-15-6-4-5-7-18(15)26-22(16)23(28)14-8-9-20(31-3)17(25)10-14/h4-10,13,19,23,26H,11-12H2,1-3H3/t19-,23-/m1/s1. The fourth-order valence-electron chi connectivity index (χ4n) is 4.92. The third-order valence-corrected chi connectivity index (χ3v) is 6.70. The molecule has 1 fully saturated rings. The maximum absolute atomic E-state index is 13.4. The second kappa shape index (κ2) is 7.31. The van der Waals surface area contributed by atoms with Crippen molar-refractivity contribution in [3.05, 3.63) is 64.3 Å². The molecule has 0 bridgehead atoms. The van der Waals surface area contributed by atoms with Gasteiger partial charge in [0.15, 0.2) is 0 Å². The Kier molecular flexibility index (Phi) is 4.70. The van der Waals surface area contributed by atoms with Crippen LogP contribution in [0.3, 0.4) is 0 Å². The van der Waals surface area contributed by atoms with E-state index in [1.807, 2.05) is 44.2 Å². The van der Waals surface area contributed by atoms with E-state index in [-0.39, 0.29) is 24.4 Å². The predicted molar refractivity (Wildman–Crippen MR) is 119 cm³/mol. The number of ether oxygens (including phenoxy) is 1. The largest absolute Gasteiger partial charge is 0.495 e. The molecule has 6 nitrogen and oxygen atoms in total. The lowest BCUT2D eigenvalue weighted by molar-refractivity contribution is -0.160. The highest BCUT2D eigenvalue weighted by Crippen LogP contribution is 2.43. The van der Waals surface area contributed by atoms with E-state index >= 15 is 0 Å². The van der Waals surface area contributed by atoms with Gasteiger partial charge in [-0.1, -0.05) is 35.9 Å². The van der Waals surface area contributed by atoms with Gasteiger partial charge < -0.3 is 19.5 Å². The van der Waals surface area contributed by atoms with Crippen LogP contribution >= 0.6 is 11.6 Å². The Hall–Kier alpha value is -2.99. The van der Waals surface area contributed by atoms with Crippen molar-refractivity contribution >= 4 is 34.3 Å². The summed E-state index contributed by atoms with van der Waals surface area (Å²) in [6.07, 6.45) is 0.494. The monoisotopic (exact) mass is 437 g/mol. The molecule has 2 aromatic carbocycles. The van der Waals surface area contributed by atoms with Gasteiger partial charge in [0.05, 0.1) is 18.2 Å². The topological polar surface area (TPSA) is 65.6 Å². The Balaban J connectivity index is 1.72. The lowest BCUT2D eigenvalue weighted by Gasteiger charge is -2.48. The number of carbonyl (C=O) groups excluding carboxylic acids is 2. The number of rotatable bonds is 3. The molecule has 2 amide bonds. The van der Waals surface area contributed by atoms with Crippen LogP contribution < -0.4 is 4.74 Å². The molecule has 1 saturated heterocycles. The van der Waals surface area contributed by atoms with E-state index in [1.165, 1.54) is 0 Å². The van der Waals surface area contributed by atoms with Gasteiger partial charge >= 0.3 is 0 Å². The van der Waals surface area contributed by atoms with Crippen LogP contribution in [-0.4, -0.2) is 52.3 Å². The number of methoxy groups -OCH3 is 1. The Morgan fingerprint density at radius 1 is 1.16 bits per heavy atom. The molecule has 3 aromatic rings. The number of fused-ring (bicyclic) bond motifs is 4. The Morgan fingerprint density at radius 3 is 2.65 bits per heavy atom. The van der Waals surface area contributed by atoms with E-state index in [9.17, 15) is 9.59 Å². The molecular weight excluding hydrogens is 414 g/mol. The SMILES string of the molecule is COc1ccc([C@@H]2c3[nH]c4ccccc4c3C[C@@H]3C(=O)N(C(C)C)CC(=O)N23)cc1Cl. The van der Waals surface area contributed by atoms with Gasteiger partial charge in [-0.05, 0) is 43.2 Å². The van der Waals surface area contributed by atoms with Gasteiger partial charge in [0, 0.05) is 29.1 Å². The van der Waals surface area contributed by atoms with Gasteiger partial charge in [-0.25, -0.2) is 0 Å². The van der Waals surface area contributed by atoms with Gasteiger partial charge in [0.2, 0.25) is 11.8 Å². The molecule has 2 aliphatic heterocycles. The van der Waals surface area contributed by atoms with Gasteiger partial charge in [-0.15, -0.1) is 0 Å². The number of benzene rings is 2. The molecule has 2 atom stereocenters. The van der Waals surface area contributed by atoms with Crippen LogP contribution in [0.4, 0.5) is 0 Å². The highest BCUT2D eigenvalue weighted by Gasteiger charge is 2.48. The first kappa shape index (κ1) is 19.9. The zero-order chi connectivity index (χ0) is 21.9. The van der Waals surface area contributed by atoms with E-state index in [0.717, 1.165) is 27.7 Å². The van der Waals surface area contributed by atoms with Crippen LogP contribution in [0.15, 0.2) is 42.5 Å². The van der Waals surface area contributed by atoms with Crippen LogP contribution in [-0.2, 0) is 16.0 Å². The number of H-pyrrole nitrogens is 1. The predicted octanol–water partition coefficient (Wildman–Crippen LogP) is 3.92. The fourth-order valence-corrected chi connectivity index (χ4v) is 5.19. The van der Waals surface area contributed by atoms with Crippen LogP contribution in [0.2, 0.25) is 5.02 Å². The van der Waals surface area contributed by atoms with Gasteiger partial charge in [0.25, 0.3) is 0 Å². The second-order valence-electron chi connectivity index (χ2n) is 8.44. The number of piperazine rings is 1. The molecule has 0 unspecified atom stereocenters. The summed E-state index contributed by atoms with van der Waals surface area (Å²) < 4.78 is 5.31. The lowest BCUT2D eigenvalue weighted by atomic mass is 9.86. The molecule has 3 heterocycles. The summed E-state index contributed by atoms with van der Waals surface area (Å²) in [5.41, 5.74) is 3.87. The molecule has 160 valence electrons. The van der Waals surface area contributed by atoms with Crippen molar-refractivity contribution in [2.24, 2.45) is 0 Å². The van der Waals surface area contributed by atoms with Crippen LogP contribution in [0.25, 0.3) is 10.9 Å².